The van der Waals surface area contributed by atoms with E-state index in [1.165, 1.54) is 16.7 Å². The van der Waals surface area contributed by atoms with Crippen LogP contribution in [0.4, 0.5) is 5.69 Å². The Balaban J connectivity index is 2.16. The van der Waals surface area contributed by atoms with Gasteiger partial charge in [0.25, 0.3) is 0 Å². The molecule has 3 heteroatoms. The second-order valence-electron chi connectivity index (χ2n) is 4.45. The normalized spacial score (nSPS) is 10.4. The van der Waals surface area contributed by atoms with Crippen molar-refractivity contribution in [3.8, 4) is 0 Å². The van der Waals surface area contributed by atoms with Gasteiger partial charge in [-0.1, -0.05) is 35.4 Å². The van der Waals surface area contributed by atoms with Gasteiger partial charge in [0, 0.05) is 15.5 Å². The van der Waals surface area contributed by atoms with Crippen LogP contribution in [0.1, 0.15) is 16.7 Å². The Kier molecular flexibility index (Phi) is 4.46. The maximum Gasteiger partial charge on any atom is 0.0631 e. The third-order valence-electron chi connectivity index (χ3n) is 2.71. The number of aryl methyl sites for hydroxylation is 2. The molecule has 0 aliphatic carbocycles. The number of halogens is 2. The molecule has 0 radical (unpaired) electrons. The molecule has 0 saturated carbocycles. The quantitative estimate of drug-likeness (QED) is 0.760. The number of anilines is 1. The highest BCUT2D eigenvalue weighted by atomic mass is 79.9. The fourth-order valence-electron chi connectivity index (χ4n) is 2.03. The molecule has 0 fully saturated rings. The maximum atomic E-state index is 3.56. The Morgan fingerprint density at radius 1 is 0.944 bits per heavy atom. The molecule has 1 nitrogen and oxygen atoms in total. The highest BCUT2D eigenvalue weighted by Gasteiger charge is 2.04. The molecule has 0 unspecified atom stereocenters. The number of hydrogen-bond donors (Lipinski definition) is 1. The Morgan fingerprint density at radius 2 is 1.50 bits per heavy atom. The molecule has 0 heterocycles. The van der Waals surface area contributed by atoms with Crippen molar-refractivity contribution < 1.29 is 0 Å². The average Bonchev–Trinajstić information content (AvgIpc) is 2.27. The first-order chi connectivity index (χ1) is 8.56. The highest BCUT2D eigenvalue weighted by Crippen LogP contribution is 2.30. The molecule has 2 rings (SSSR count). The van der Waals surface area contributed by atoms with E-state index < -0.39 is 0 Å². The fraction of sp³-hybridized carbons (Fsp3) is 0.200. The van der Waals surface area contributed by atoms with E-state index in [9.17, 15) is 0 Å². The zero-order valence-electron chi connectivity index (χ0n) is 10.4. The number of para-hydroxylation sites is 1. The Labute approximate surface area is 125 Å². The van der Waals surface area contributed by atoms with Gasteiger partial charge < -0.3 is 5.32 Å². The van der Waals surface area contributed by atoms with Gasteiger partial charge in [-0.15, -0.1) is 0 Å². The van der Waals surface area contributed by atoms with Crippen LogP contribution in [-0.2, 0) is 6.54 Å². The van der Waals surface area contributed by atoms with E-state index in [0.29, 0.717) is 0 Å². The van der Waals surface area contributed by atoms with Crippen molar-refractivity contribution in [1.29, 1.82) is 0 Å². The van der Waals surface area contributed by atoms with Crippen molar-refractivity contribution in [2.75, 3.05) is 5.32 Å². The molecule has 18 heavy (non-hydrogen) atoms. The number of hydrogen-bond acceptors (Lipinski definition) is 1. The van der Waals surface area contributed by atoms with E-state index in [-0.39, 0.29) is 0 Å². The Bertz CT molecular complexity index is 524. The minimum absolute atomic E-state index is 0.823. The molecule has 0 bridgehead atoms. The third-order valence-corrected chi connectivity index (χ3v) is 4.04. The Hall–Kier alpha value is -0.800. The first-order valence-electron chi connectivity index (χ1n) is 5.81. The van der Waals surface area contributed by atoms with E-state index in [2.05, 4.69) is 69.2 Å². The van der Waals surface area contributed by atoms with Gasteiger partial charge in [-0.2, -0.15) is 0 Å². The summed E-state index contributed by atoms with van der Waals surface area (Å²) in [5.41, 5.74) is 5.00. The van der Waals surface area contributed by atoms with E-state index in [1.54, 1.807) is 0 Å². The summed E-state index contributed by atoms with van der Waals surface area (Å²) in [6.45, 7) is 5.08. The molecule has 0 aliphatic rings. The summed E-state index contributed by atoms with van der Waals surface area (Å²) < 4.78 is 2.14. The summed E-state index contributed by atoms with van der Waals surface area (Å²) in [4.78, 5) is 0. The topological polar surface area (TPSA) is 12.0 Å². The molecule has 94 valence electrons. The minimum Gasteiger partial charge on any atom is -0.379 e. The van der Waals surface area contributed by atoms with Crippen molar-refractivity contribution in [2.45, 2.75) is 20.4 Å². The summed E-state index contributed by atoms with van der Waals surface area (Å²) in [6.07, 6.45) is 0. The predicted molar refractivity (Wildman–Crippen MR) is 85.1 cm³/mol. The van der Waals surface area contributed by atoms with Crippen molar-refractivity contribution >= 4 is 37.5 Å². The van der Waals surface area contributed by atoms with Crippen molar-refractivity contribution in [3.63, 3.8) is 0 Å². The molecule has 0 spiro atoms. The van der Waals surface area contributed by atoms with Gasteiger partial charge >= 0.3 is 0 Å². The van der Waals surface area contributed by atoms with Crippen LogP contribution in [-0.4, -0.2) is 0 Å². The summed E-state index contributed by atoms with van der Waals surface area (Å²) in [5, 5.41) is 3.46. The highest BCUT2D eigenvalue weighted by molar-refractivity contribution is 9.11. The summed E-state index contributed by atoms with van der Waals surface area (Å²) in [5.74, 6) is 0. The second kappa shape index (κ2) is 5.89. The smallest absolute Gasteiger partial charge is 0.0631 e. The van der Waals surface area contributed by atoms with E-state index in [4.69, 9.17) is 0 Å². The zero-order valence-corrected chi connectivity index (χ0v) is 13.6. The molecule has 0 amide bonds. The summed E-state index contributed by atoms with van der Waals surface area (Å²) in [7, 11) is 0. The maximum absolute atomic E-state index is 3.56. The number of nitrogens with one attached hydrogen (secondary N) is 1. The van der Waals surface area contributed by atoms with Crippen molar-refractivity contribution in [1.82, 2.24) is 0 Å². The average molecular weight is 369 g/mol. The lowest BCUT2D eigenvalue weighted by Gasteiger charge is -2.11. The molecule has 2 aromatic rings. The molecule has 0 aromatic heterocycles. The van der Waals surface area contributed by atoms with Gasteiger partial charge in [-0.05, 0) is 63.4 Å². The van der Waals surface area contributed by atoms with Crippen LogP contribution in [0.3, 0.4) is 0 Å². The van der Waals surface area contributed by atoms with Gasteiger partial charge in [0.2, 0.25) is 0 Å². The van der Waals surface area contributed by atoms with Crippen molar-refractivity contribution in [3.05, 3.63) is 62.0 Å². The van der Waals surface area contributed by atoms with Crippen LogP contribution < -0.4 is 5.32 Å². The van der Waals surface area contributed by atoms with E-state index in [1.807, 2.05) is 18.2 Å². The molecule has 0 saturated heterocycles. The van der Waals surface area contributed by atoms with Crippen LogP contribution in [0.5, 0.6) is 0 Å². The van der Waals surface area contributed by atoms with E-state index >= 15 is 0 Å². The van der Waals surface area contributed by atoms with Gasteiger partial charge in [0.1, 0.15) is 0 Å². The standard InChI is InChI=1S/C15H15Br2N/c1-10-6-11(2)8-12(7-10)9-18-15-13(16)4-3-5-14(15)17/h3-8,18H,9H2,1-2H3. The molecular formula is C15H15Br2N. The SMILES string of the molecule is Cc1cc(C)cc(CNc2c(Br)cccc2Br)c1. The lowest BCUT2D eigenvalue weighted by molar-refractivity contribution is 1.12. The lowest BCUT2D eigenvalue weighted by Crippen LogP contribution is -2.01. The molecule has 1 N–H and O–H groups in total. The first-order valence-corrected chi connectivity index (χ1v) is 7.40. The molecular weight excluding hydrogens is 354 g/mol. The number of rotatable bonds is 3. The molecule has 0 aliphatic heterocycles. The largest absolute Gasteiger partial charge is 0.379 e. The molecule has 2 aromatic carbocycles. The second-order valence-corrected chi connectivity index (χ2v) is 6.15. The number of benzene rings is 2. The van der Waals surface area contributed by atoms with E-state index in [0.717, 1.165) is 21.2 Å². The summed E-state index contributed by atoms with van der Waals surface area (Å²) >= 11 is 7.11. The lowest BCUT2D eigenvalue weighted by atomic mass is 10.1. The first kappa shape index (κ1) is 13.6. The molecule has 0 atom stereocenters. The van der Waals surface area contributed by atoms with Crippen LogP contribution in [0.2, 0.25) is 0 Å². The van der Waals surface area contributed by atoms with Crippen LogP contribution >= 0.6 is 31.9 Å². The van der Waals surface area contributed by atoms with Crippen LogP contribution in [0.15, 0.2) is 45.3 Å². The summed E-state index contributed by atoms with van der Waals surface area (Å²) in [6, 6.07) is 12.7. The van der Waals surface area contributed by atoms with Crippen molar-refractivity contribution in [2.24, 2.45) is 0 Å². The predicted octanol–water partition coefficient (Wildman–Crippen LogP) is 5.44. The van der Waals surface area contributed by atoms with Crippen LogP contribution in [0, 0.1) is 13.8 Å². The minimum atomic E-state index is 0.823. The fourth-order valence-corrected chi connectivity index (χ4v) is 3.31. The van der Waals surface area contributed by atoms with Gasteiger partial charge in [0.15, 0.2) is 0 Å². The van der Waals surface area contributed by atoms with Gasteiger partial charge in [-0.3, -0.25) is 0 Å². The third kappa shape index (κ3) is 3.36. The Morgan fingerprint density at radius 3 is 2.06 bits per heavy atom. The van der Waals surface area contributed by atoms with Gasteiger partial charge in [-0.25, -0.2) is 0 Å². The van der Waals surface area contributed by atoms with Crippen LogP contribution in [0.25, 0.3) is 0 Å². The zero-order chi connectivity index (χ0) is 13.1. The monoisotopic (exact) mass is 367 g/mol. The van der Waals surface area contributed by atoms with Gasteiger partial charge in [0.05, 0.1) is 5.69 Å².